The Kier molecular flexibility index (Phi) is 3.62. The van der Waals surface area contributed by atoms with E-state index < -0.39 is 0 Å². The molecule has 0 bridgehead atoms. The number of rotatable bonds is 2. The van der Waals surface area contributed by atoms with E-state index >= 15 is 0 Å². The lowest BCUT2D eigenvalue weighted by molar-refractivity contribution is 0.605. The van der Waals surface area contributed by atoms with Crippen LogP contribution < -0.4 is 11.0 Å². The van der Waals surface area contributed by atoms with Gasteiger partial charge in [-0.05, 0) is 23.7 Å². The van der Waals surface area contributed by atoms with E-state index in [1.54, 1.807) is 6.07 Å². The standard InChI is InChI=1S/C18H11N3O3S/c22-15-7-14(20-18(25)21-15)19-8-11-9-24-17-12-4-2-1-3-10(12)5-6-13(17)16(11)23/h1-9H,(H2,20,21,22,25)/b19-8+. The minimum Gasteiger partial charge on any atom is -0.463 e. The molecule has 2 N–H and O–H groups in total. The Morgan fingerprint density at radius 2 is 1.88 bits per heavy atom. The van der Waals surface area contributed by atoms with Crippen LogP contribution in [0.4, 0.5) is 5.82 Å². The number of aromatic nitrogens is 2. The maximum atomic E-state index is 12.7. The normalized spacial score (nSPS) is 11.5. The maximum absolute atomic E-state index is 12.7. The second-order valence-corrected chi connectivity index (χ2v) is 5.82. The maximum Gasteiger partial charge on any atom is 0.253 e. The molecule has 0 radical (unpaired) electrons. The van der Waals surface area contributed by atoms with Crippen LogP contribution in [0.2, 0.25) is 0 Å². The van der Waals surface area contributed by atoms with E-state index in [-0.39, 0.29) is 27.1 Å². The van der Waals surface area contributed by atoms with Crippen molar-refractivity contribution in [2.24, 2.45) is 4.99 Å². The Labute approximate surface area is 145 Å². The number of aromatic amines is 2. The molecule has 0 saturated heterocycles. The topological polar surface area (TPSA) is 91.2 Å². The first-order valence-corrected chi connectivity index (χ1v) is 7.83. The van der Waals surface area contributed by atoms with Crippen LogP contribution in [0.1, 0.15) is 5.56 Å². The molecule has 4 aromatic rings. The number of benzene rings is 2. The van der Waals surface area contributed by atoms with Gasteiger partial charge < -0.3 is 9.40 Å². The summed E-state index contributed by atoms with van der Waals surface area (Å²) in [5, 5.41) is 2.34. The van der Waals surface area contributed by atoms with Gasteiger partial charge in [-0.1, -0.05) is 30.3 Å². The Bertz CT molecular complexity index is 1290. The molecule has 7 heteroatoms. The monoisotopic (exact) mass is 349 g/mol. The van der Waals surface area contributed by atoms with Crippen LogP contribution in [0, 0.1) is 4.77 Å². The van der Waals surface area contributed by atoms with E-state index in [0.717, 1.165) is 10.8 Å². The summed E-state index contributed by atoms with van der Waals surface area (Å²) in [7, 11) is 0. The van der Waals surface area contributed by atoms with Crippen LogP contribution in [0.3, 0.4) is 0 Å². The van der Waals surface area contributed by atoms with Crippen LogP contribution >= 0.6 is 12.2 Å². The van der Waals surface area contributed by atoms with E-state index in [1.807, 2.05) is 30.3 Å². The van der Waals surface area contributed by atoms with Gasteiger partial charge in [0.25, 0.3) is 5.56 Å². The third kappa shape index (κ3) is 2.81. The number of nitrogens with one attached hydrogen (secondary N) is 2. The number of H-pyrrole nitrogens is 2. The molecule has 122 valence electrons. The Morgan fingerprint density at radius 3 is 2.72 bits per heavy atom. The average Bonchev–Trinajstić information content (AvgIpc) is 2.60. The SMILES string of the molecule is O=c1cc(/N=C/c2coc3c(ccc4ccccc43)c2=O)[nH]c(=S)[nH]1. The lowest BCUT2D eigenvalue weighted by Gasteiger charge is -2.03. The molecule has 6 nitrogen and oxygen atoms in total. The highest BCUT2D eigenvalue weighted by atomic mass is 32.1. The van der Waals surface area contributed by atoms with Crippen molar-refractivity contribution in [1.82, 2.24) is 9.97 Å². The molecule has 4 rings (SSSR count). The number of aliphatic imine (C=N–C) groups is 1. The zero-order valence-electron chi connectivity index (χ0n) is 12.8. The molecule has 0 atom stereocenters. The van der Waals surface area contributed by atoms with Crippen LogP contribution in [0.5, 0.6) is 0 Å². The third-order valence-corrected chi connectivity index (χ3v) is 3.98. The van der Waals surface area contributed by atoms with Gasteiger partial charge in [0.2, 0.25) is 5.43 Å². The van der Waals surface area contributed by atoms with Crippen LogP contribution in [0.15, 0.2) is 67.7 Å². The lowest BCUT2D eigenvalue weighted by atomic mass is 10.1. The molecule has 0 amide bonds. The fraction of sp³-hybridized carbons (Fsp3) is 0. The summed E-state index contributed by atoms with van der Waals surface area (Å²) in [6, 6.07) is 12.6. The van der Waals surface area contributed by atoms with Gasteiger partial charge >= 0.3 is 0 Å². The van der Waals surface area contributed by atoms with Crippen molar-refractivity contribution in [2.45, 2.75) is 0 Å². The number of hydrogen-bond donors (Lipinski definition) is 2. The Hall–Kier alpha value is -3.32. The van der Waals surface area contributed by atoms with E-state index in [1.165, 1.54) is 18.5 Å². The van der Waals surface area contributed by atoms with Crippen LogP contribution in [-0.2, 0) is 0 Å². The highest BCUT2D eigenvalue weighted by Crippen LogP contribution is 2.23. The molecule has 25 heavy (non-hydrogen) atoms. The van der Waals surface area contributed by atoms with Gasteiger partial charge in [0.05, 0.1) is 10.9 Å². The van der Waals surface area contributed by atoms with E-state index in [9.17, 15) is 9.59 Å². The molecule has 0 fully saturated rings. The molecular formula is C18H11N3O3S. The van der Waals surface area contributed by atoms with Gasteiger partial charge in [0.1, 0.15) is 17.7 Å². The highest BCUT2D eigenvalue weighted by molar-refractivity contribution is 7.71. The summed E-state index contributed by atoms with van der Waals surface area (Å²) in [6.45, 7) is 0. The second-order valence-electron chi connectivity index (χ2n) is 5.41. The Morgan fingerprint density at radius 1 is 1.04 bits per heavy atom. The minimum absolute atomic E-state index is 0.164. The van der Waals surface area contributed by atoms with Crippen molar-refractivity contribution in [1.29, 1.82) is 0 Å². The highest BCUT2D eigenvalue weighted by Gasteiger charge is 2.08. The van der Waals surface area contributed by atoms with E-state index in [2.05, 4.69) is 15.0 Å². The minimum atomic E-state index is -0.368. The zero-order valence-corrected chi connectivity index (χ0v) is 13.6. The van der Waals surface area contributed by atoms with Gasteiger partial charge in [0.15, 0.2) is 4.77 Å². The van der Waals surface area contributed by atoms with Gasteiger partial charge in [-0.3, -0.25) is 14.6 Å². The van der Waals surface area contributed by atoms with Crippen molar-refractivity contribution in [3.63, 3.8) is 0 Å². The predicted molar refractivity (Wildman–Crippen MR) is 99.5 cm³/mol. The first-order chi connectivity index (χ1) is 12.1. The summed E-state index contributed by atoms with van der Waals surface area (Å²) in [5.41, 5.74) is 0.255. The first-order valence-electron chi connectivity index (χ1n) is 7.43. The van der Waals surface area contributed by atoms with Crippen molar-refractivity contribution >= 4 is 46.0 Å². The van der Waals surface area contributed by atoms with Crippen molar-refractivity contribution < 1.29 is 4.42 Å². The third-order valence-electron chi connectivity index (χ3n) is 3.78. The van der Waals surface area contributed by atoms with Crippen LogP contribution in [0.25, 0.3) is 21.7 Å². The largest absolute Gasteiger partial charge is 0.463 e. The Balaban J connectivity index is 1.86. The van der Waals surface area contributed by atoms with Gasteiger partial charge in [-0.15, -0.1) is 0 Å². The fourth-order valence-corrected chi connectivity index (χ4v) is 2.84. The molecule has 2 aromatic carbocycles. The zero-order chi connectivity index (χ0) is 17.4. The van der Waals surface area contributed by atoms with Gasteiger partial charge in [-0.25, -0.2) is 4.99 Å². The number of fused-ring (bicyclic) bond motifs is 3. The summed E-state index contributed by atoms with van der Waals surface area (Å²) in [6.07, 6.45) is 2.71. The van der Waals surface area contributed by atoms with E-state index in [0.29, 0.717) is 11.0 Å². The van der Waals surface area contributed by atoms with Crippen LogP contribution in [-0.4, -0.2) is 16.2 Å². The summed E-state index contributed by atoms with van der Waals surface area (Å²) in [4.78, 5) is 33.3. The smallest absolute Gasteiger partial charge is 0.253 e. The molecule has 0 unspecified atom stereocenters. The first kappa shape index (κ1) is 15.2. The summed E-state index contributed by atoms with van der Waals surface area (Å²) in [5.74, 6) is 0.256. The average molecular weight is 349 g/mol. The van der Waals surface area contributed by atoms with Crippen molar-refractivity contribution in [2.75, 3.05) is 0 Å². The lowest BCUT2D eigenvalue weighted by Crippen LogP contribution is -2.08. The molecule has 0 spiro atoms. The predicted octanol–water partition coefficient (Wildman–Crippen LogP) is 3.44. The molecule has 0 aliphatic rings. The summed E-state index contributed by atoms with van der Waals surface area (Å²) < 4.78 is 5.85. The molecular weight excluding hydrogens is 338 g/mol. The molecule has 0 aliphatic heterocycles. The molecule has 2 aromatic heterocycles. The molecule has 2 heterocycles. The van der Waals surface area contributed by atoms with Gasteiger partial charge in [-0.2, -0.15) is 0 Å². The number of hydrogen-bond acceptors (Lipinski definition) is 5. The van der Waals surface area contributed by atoms with Crippen molar-refractivity contribution in [3.05, 3.63) is 79.6 Å². The second kappa shape index (κ2) is 5.95. The quantitative estimate of drug-likeness (QED) is 0.329. The van der Waals surface area contributed by atoms with Gasteiger partial charge in [0, 0.05) is 17.7 Å². The van der Waals surface area contributed by atoms with E-state index in [4.69, 9.17) is 16.6 Å². The molecule has 0 aliphatic carbocycles. The number of nitrogens with zero attached hydrogens (tertiary/aromatic N) is 1. The van der Waals surface area contributed by atoms with Crippen molar-refractivity contribution in [3.8, 4) is 0 Å². The summed E-state index contributed by atoms with van der Waals surface area (Å²) >= 11 is 4.89. The molecule has 0 saturated carbocycles. The fourth-order valence-electron chi connectivity index (χ4n) is 2.63.